The zero-order valence-corrected chi connectivity index (χ0v) is 19.3. The van der Waals surface area contributed by atoms with Crippen LogP contribution in [-0.4, -0.2) is 74.8 Å². The van der Waals surface area contributed by atoms with Crippen molar-refractivity contribution in [1.82, 2.24) is 34.3 Å². The normalized spacial score (nSPS) is 19.4. The maximum Gasteiger partial charge on any atom is 0.245 e. The number of aromatic nitrogens is 5. The summed E-state index contributed by atoms with van der Waals surface area (Å²) in [5, 5.41) is 15.6. The van der Waals surface area contributed by atoms with Crippen molar-refractivity contribution < 1.29 is 17.8 Å². The fourth-order valence-electron chi connectivity index (χ4n) is 4.84. The van der Waals surface area contributed by atoms with Crippen LogP contribution in [0.25, 0.3) is 11.0 Å². The smallest absolute Gasteiger partial charge is 0.245 e. The Morgan fingerprint density at radius 2 is 1.85 bits per heavy atom. The SMILES string of the molecule is Cn1cnnc1CC1CCN(C(=O)C2CCN(S(=O)(=O)c3cccc4nonc34)CC2)CC1. The molecule has 2 aliphatic rings. The topological polar surface area (TPSA) is 127 Å². The summed E-state index contributed by atoms with van der Waals surface area (Å²) in [6.07, 6.45) is 5.52. The molecule has 2 aliphatic heterocycles. The van der Waals surface area contributed by atoms with Gasteiger partial charge in [-0.2, -0.15) is 4.31 Å². The summed E-state index contributed by atoms with van der Waals surface area (Å²) in [5.41, 5.74) is 0.642. The van der Waals surface area contributed by atoms with Gasteiger partial charge in [0, 0.05) is 45.6 Å². The number of hydrogen-bond donors (Lipinski definition) is 0. The summed E-state index contributed by atoms with van der Waals surface area (Å²) in [6, 6.07) is 4.81. The molecule has 0 N–H and O–H groups in total. The van der Waals surface area contributed by atoms with Gasteiger partial charge >= 0.3 is 0 Å². The Morgan fingerprint density at radius 3 is 2.55 bits per heavy atom. The van der Waals surface area contributed by atoms with E-state index in [1.54, 1.807) is 18.5 Å². The first-order valence-corrected chi connectivity index (χ1v) is 12.7. The minimum atomic E-state index is -3.74. The maximum absolute atomic E-state index is 13.2. The average molecular weight is 474 g/mol. The molecule has 11 nitrogen and oxygen atoms in total. The highest BCUT2D eigenvalue weighted by atomic mass is 32.2. The fraction of sp³-hybridized carbons (Fsp3) is 0.571. The summed E-state index contributed by atoms with van der Waals surface area (Å²) in [4.78, 5) is 15.1. The molecule has 2 saturated heterocycles. The van der Waals surface area contributed by atoms with E-state index in [1.165, 1.54) is 10.4 Å². The van der Waals surface area contributed by atoms with Gasteiger partial charge in [-0.3, -0.25) is 4.79 Å². The molecule has 1 aromatic carbocycles. The molecule has 0 atom stereocenters. The maximum atomic E-state index is 13.2. The minimum Gasteiger partial charge on any atom is -0.342 e. The van der Waals surface area contributed by atoms with E-state index in [4.69, 9.17) is 4.63 Å². The Balaban J connectivity index is 1.16. The van der Waals surface area contributed by atoms with Crippen LogP contribution in [0, 0.1) is 11.8 Å². The van der Waals surface area contributed by atoms with Gasteiger partial charge in [0.1, 0.15) is 22.6 Å². The van der Waals surface area contributed by atoms with Crippen molar-refractivity contribution in [1.29, 1.82) is 0 Å². The lowest BCUT2D eigenvalue weighted by Gasteiger charge is -2.37. The van der Waals surface area contributed by atoms with E-state index in [9.17, 15) is 13.2 Å². The van der Waals surface area contributed by atoms with E-state index in [1.807, 2.05) is 16.5 Å². The summed E-state index contributed by atoms with van der Waals surface area (Å²) in [5.74, 6) is 1.48. The van der Waals surface area contributed by atoms with E-state index < -0.39 is 10.0 Å². The van der Waals surface area contributed by atoms with Gasteiger partial charge in [-0.25, -0.2) is 13.0 Å². The van der Waals surface area contributed by atoms with Gasteiger partial charge in [0.05, 0.1) is 0 Å². The monoisotopic (exact) mass is 473 g/mol. The number of amides is 1. The third-order valence-electron chi connectivity index (χ3n) is 6.87. The Morgan fingerprint density at radius 1 is 1.09 bits per heavy atom. The summed E-state index contributed by atoms with van der Waals surface area (Å²) < 4.78 is 34.4. The second kappa shape index (κ2) is 8.82. The number of aryl methyl sites for hydroxylation is 1. The number of benzene rings is 1. The molecule has 1 amide bonds. The van der Waals surface area contributed by atoms with Gasteiger partial charge in [0.25, 0.3) is 0 Å². The predicted octanol–water partition coefficient (Wildman–Crippen LogP) is 1.23. The molecular weight excluding hydrogens is 446 g/mol. The number of carbonyl (C=O) groups is 1. The molecule has 0 bridgehead atoms. The quantitative estimate of drug-likeness (QED) is 0.541. The molecule has 12 heteroatoms. The molecule has 2 fully saturated rings. The molecular formula is C21H27N7O4S. The summed E-state index contributed by atoms with van der Waals surface area (Å²) in [7, 11) is -1.79. The van der Waals surface area contributed by atoms with Gasteiger partial charge in [0.2, 0.25) is 15.9 Å². The van der Waals surface area contributed by atoms with Crippen molar-refractivity contribution in [2.75, 3.05) is 26.2 Å². The van der Waals surface area contributed by atoms with Gasteiger partial charge in [0.15, 0.2) is 5.52 Å². The van der Waals surface area contributed by atoms with Crippen LogP contribution in [0.15, 0.2) is 34.1 Å². The first kappa shape index (κ1) is 22.0. The van der Waals surface area contributed by atoms with Crippen molar-refractivity contribution >= 4 is 27.0 Å². The standard InChI is InChI=1S/C21H27N7O4S/c1-26-14-22-23-19(26)13-15-5-9-27(10-6-15)21(29)16-7-11-28(12-8-16)33(30,31)18-4-2-3-17-20(18)25-32-24-17/h2-4,14-16H,5-13H2,1H3. The summed E-state index contributed by atoms with van der Waals surface area (Å²) >= 11 is 0. The van der Waals surface area contributed by atoms with Crippen molar-refractivity contribution in [2.45, 2.75) is 37.0 Å². The van der Waals surface area contributed by atoms with E-state index in [2.05, 4.69) is 20.5 Å². The van der Waals surface area contributed by atoms with Crippen LogP contribution in [0.3, 0.4) is 0 Å². The number of nitrogens with zero attached hydrogens (tertiary/aromatic N) is 7. The Hall–Kier alpha value is -2.86. The first-order chi connectivity index (χ1) is 15.9. The highest BCUT2D eigenvalue weighted by Crippen LogP contribution is 2.29. The highest BCUT2D eigenvalue weighted by Gasteiger charge is 2.36. The average Bonchev–Trinajstić information content (AvgIpc) is 3.48. The lowest BCUT2D eigenvalue weighted by Crippen LogP contribution is -2.46. The van der Waals surface area contributed by atoms with E-state index in [-0.39, 0.29) is 22.2 Å². The number of hydrogen-bond acceptors (Lipinski definition) is 8. The Bertz CT molecular complexity index is 1240. The molecule has 4 heterocycles. The van der Waals surface area contributed by atoms with Gasteiger partial charge in [-0.05, 0) is 54.0 Å². The molecule has 33 heavy (non-hydrogen) atoms. The molecule has 3 aromatic rings. The van der Waals surface area contributed by atoms with Gasteiger partial charge in [-0.15, -0.1) is 10.2 Å². The van der Waals surface area contributed by atoms with Crippen LogP contribution in [0.5, 0.6) is 0 Å². The van der Waals surface area contributed by atoms with Crippen molar-refractivity contribution in [3.05, 3.63) is 30.4 Å². The number of piperidine rings is 2. The number of sulfonamides is 1. The Labute approximate surface area is 191 Å². The van der Waals surface area contributed by atoms with Crippen molar-refractivity contribution in [2.24, 2.45) is 18.9 Å². The van der Waals surface area contributed by atoms with Crippen LogP contribution in [0.2, 0.25) is 0 Å². The van der Waals surface area contributed by atoms with Crippen LogP contribution >= 0.6 is 0 Å². The second-order valence-corrected chi connectivity index (χ2v) is 10.8. The number of fused-ring (bicyclic) bond motifs is 1. The highest BCUT2D eigenvalue weighted by molar-refractivity contribution is 7.89. The molecule has 2 aromatic heterocycles. The van der Waals surface area contributed by atoms with E-state index in [0.29, 0.717) is 37.4 Å². The fourth-order valence-corrected chi connectivity index (χ4v) is 6.44. The Kier molecular flexibility index (Phi) is 5.87. The van der Waals surface area contributed by atoms with Gasteiger partial charge < -0.3 is 9.47 Å². The van der Waals surface area contributed by atoms with Crippen LogP contribution in [0.1, 0.15) is 31.5 Å². The molecule has 0 saturated carbocycles. The predicted molar refractivity (Wildman–Crippen MR) is 117 cm³/mol. The zero-order valence-electron chi connectivity index (χ0n) is 18.5. The molecule has 0 unspecified atom stereocenters. The number of likely N-dealkylation sites (tertiary alicyclic amines) is 1. The molecule has 5 rings (SSSR count). The van der Waals surface area contributed by atoms with E-state index >= 15 is 0 Å². The van der Waals surface area contributed by atoms with Crippen molar-refractivity contribution in [3.8, 4) is 0 Å². The second-order valence-electron chi connectivity index (χ2n) is 8.90. The third-order valence-corrected chi connectivity index (χ3v) is 8.80. The third kappa shape index (κ3) is 4.24. The first-order valence-electron chi connectivity index (χ1n) is 11.3. The molecule has 0 spiro atoms. The molecule has 176 valence electrons. The van der Waals surface area contributed by atoms with Crippen LogP contribution < -0.4 is 0 Å². The van der Waals surface area contributed by atoms with Crippen LogP contribution in [0.4, 0.5) is 0 Å². The lowest BCUT2D eigenvalue weighted by molar-refractivity contribution is -0.138. The molecule has 0 radical (unpaired) electrons. The van der Waals surface area contributed by atoms with Crippen molar-refractivity contribution in [3.63, 3.8) is 0 Å². The van der Waals surface area contributed by atoms with Crippen LogP contribution in [-0.2, 0) is 28.3 Å². The largest absolute Gasteiger partial charge is 0.342 e. The van der Waals surface area contributed by atoms with Gasteiger partial charge in [-0.1, -0.05) is 6.07 Å². The van der Waals surface area contributed by atoms with E-state index in [0.717, 1.165) is 38.2 Å². The number of rotatable bonds is 5. The zero-order chi connectivity index (χ0) is 23.0. The lowest BCUT2D eigenvalue weighted by atomic mass is 9.91. The summed E-state index contributed by atoms with van der Waals surface area (Å²) in [6.45, 7) is 2.09. The minimum absolute atomic E-state index is 0.0935. The number of carbonyl (C=O) groups excluding carboxylic acids is 1. The molecule has 0 aliphatic carbocycles.